The summed E-state index contributed by atoms with van der Waals surface area (Å²) in [5.74, 6) is 1.08. The molecule has 1 amide bonds. The fourth-order valence-corrected chi connectivity index (χ4v) is 3.45. The number of carboxylic acid groups (broad SMARTS) is 1. The normalized spacial score (nSPS) is 16.2. The molecule has 24 heavy (non-hydrogen) atoms. The van der Waals surface area contributed by atoms with Crippen LogP contribution in [0.4, 0.5) is 10.6 Å². The lowest BCUT2D eigenvalue weighted by Crippen LogP contribution is -2.35. The molecule has 1 aromatic rings. The number of anilines is 1. The van der Waals surface area contributed by atoms with Crippen LogP contribution in [0.2, 0.25) is 0 Å². The molecule has 5 nitrogen and oxygen atoms in total. The van der Waals surface area contributed by atoms with E-state index in [-0.39, 0.29) is 12.0 Å². The highest BCUT2D eigenvalue weighted by Crippen LogP contribution is 2.32. The Bertz CT molecular complexity index is 560. The smallest absolute Gasteiger partial charge is 0.413 e. The first-order valence-electron chi connectivity index (χ1n) is 8.94. The minimum Gasteiger partial charge on any atom is -0.465 e. The molecule has 2 N–H and O–H groups in total. The number of hydrogen-bond acceptors (Lipinski definition) is 3. The van der Waals surface area contributed by atoms with Crippen LogP contribution in [0.25, 0.3) is 0 Å². The highest BCUT2D eigenvalue weighted by atomic mass is 16.4. The number of amides is 1. The number of aliphatic hydroxyl groups is 1. The van der Waals surface area contributed by atoms with Gasteiger partial charge < -0.3 is 10.2 Å². The van der Waals surface area contributed by atoms with E-state index in [9.17, 15) is 15.0 Å². The fourth-order valence-electron chi connectivity index (χ4n) is 3.45. The summed E-state index contributed by atoms with van der Waals surface area (Å²) in [5.41, 5.74) is 1.18. The van der Waals surface area contributed by atoms with E-state index < -0.39 is 6.09 Å². The van der Waals surface area contributed by atoms with Crippen molar-refractivity contribution in [1.82, 2.24) is 4.98 Å². The molecular weight excluding hydrogens is 304 g/mol. The number of nitrogens with zero attached hydrogens (tertiary/aromatic N) is 2. The third kappa shape index (κ3) is 4.69. The molecule has 1 aliphatic carbocycles. The third-order valence-electron chi connectivity index (χ3n) is 4.88. The molecule has 0 aromatic carbocycles. The lowest BCUT2D eigenvalue weighted by Gasteiger charge is -2.29. The van der Waals surface area contributed by atoms with Gasteiger partial charge in [0, 0.05) is 12.1 Å². The Morgan fingerprint density at radius 3 is 2.46 bits per heavy atom. The van der Waals surface area contributed by atoms with Gasteiger partial charge >= 0.3 is 6.09 Å². The van der Waals surface area contributed by atoms with Crippen molar-refractivity contribution in [3.8, 4) is 0 Å². The number of pyridine rings is 1. The van der Waals surface area contributed by atoms with Crippen LogP contribution in [0.1, 0.15) is 70.6 Å². The third-order valence-corrected chi connectivity index (χ3v) is 4.88. The molecule has 0 atom stereocenters. The van der Waals surface area contributed by atoms with Crippen molar-refractivity contribution in [2.75, 3.05) is 11.4 Å². The molecule has 0 radical (unpaired) electrons. The molecule has 5 heteroatoms. The number of rotatable bonds is 5. The van der Waals surface area contributed by atoms with Crippen LogP contribution in [-0.2, 0) is 12.0 Å². The number of carbonyl (C=O) groups is 1. The van der Waals surface area contributed by atoms with E-state index in [4.69, 9.17) is 0 Å². The first-order chi connectivity index (χ1) is 11.3. The van der Waals surface area contributed by atoms with Crippen molar-refractivity contribution in [3.63, 3.8) is 0 Å². The lowest BCUT2D eigenvalue weighted by molar-refractivity contribution is 0.200. The van der Waals surface area contributed by atoms with Crippen molar-refractivity contribution in [2.24, 2.45) is 5.92 Å². The predicted molar refractivity (Wildman–Crippen MR) is 95.4 cm³/mol. The summed E-state index contributed by atoms with van der Waals surface area (Å²) in [6.07, 6.45) is 6.10. The van der Waals surface area contributed by atoms with E-state index in [2.05, 4.69) is 4.98 Å². The van der Waals surface area contributed by atoms with Gasteiger partial charge in [-0.3, -0.25) is 4.90 Å². The number of hydrogen-bond donors (Lipinski definition) is 2. The van der Waals surface area contributed by atoms with Crippen molar-refractivity contribution in [3.05, 3.63) is 23.4 Å². The van der Waals surface area contributed by atoms with Gasteiger partial charge in [0.15, 0.2) is 0 Å². The summed E-state index contributed by atoms with van der Waals surface area (Å²) in [6.45, 7) is 6.42. The Hall–Kier alpha value is -1.62. The van der Waals surface area contributed by atoms with Gasteiger partial charge in [-0.05, 0) is 23.8 Å². The van der Waals surface area contributed by atoms with E-state index in [1.165, 1.54) is 37.0 Å². The van der Waals surface area contributed by atoms with Crippen LogP contribution in [-0.4, -0.2) is 27.8 Å². The fraction of sp³-hybridized carbons (Fsp3) is 0.684. The van der Waals surface area contributed by atoms with Crippen molar-refractivity contribution in [2.45, 2.75) is 71.3 Å². The van der Waals surface area contributed by atoms with E-state index in [1.54, 1.807) is 6.07 Å². The summed E-state index contributed by atoms with van der Waals surface area (Å²) in [5, 5.41) is 19.1. The van der Waals surface area contributed by atoms with Gasteiger partial charge in [0.05, 0.1) is 12.3 Å². The summed E-state index contributed by atoms with van der Waals surface area (Å²) >= 11 is 0. The zero-order chi connectivity index (χ0) is 17.7. The molecule has 0 spiro atoms. The standard InChI is InChI=1S/C19H30N2O3/c1-19(2,3)16-10-9-15(13-22)20-17(16)21(18(23)24)12-11-14-7-5-4-6-8-14/h9-10,14,22H,4-8,11-13H2,1-3H3,(H,23,24). The maximum absolute atomic E-state index is 11.9. The first kappa shape index (κ1) is 18.7. The summed E-state index contributed by atoms with van der Waals surface area (Å²) < 4.78 is 0. The molecule has 2 rings (SSSR count). The minimum absolute atomic E-state index is 0.187. The van der Waals surface area contributed by atoms with E-state index in [0.717, 1.165) is 12.0 Å². The van der Waals surface area contributed by atoms with Gasteiger partial charge in [0.2, 0.25) is 0 Å². The van der Waals surface area contributed by atoms with E-state index in [0.29, 0.717) is 24.0 Å². The SMILES string of the molecule is CC(C)(C)c1ccc(CO)nc1N(CCC1CCCCC1)C(=O)O. The van der Waals surface area contributed by atoms with Crippen LogP contribution in [0.3, 0.4) is 0 Å². The van der Waals surface area contributed by atoms with Crippen LogP contribution in [0.5, 0.6) is 0 Å². The summed E-state index contributed by atoms with van der Waals surface area (Å²) in [6, 6.07) is 3.66. The van der Waals surface area contributed by atoms with Crippen molar-refractivity contribution in [1.29, 1.82) is 0 Å². The van der Waals surface area contributed by atoms with Gasteiger partial charge in [0.25, 0.3) is 0 Å². The topological polar surface area (TPSA) is 73.7 Å². The second-order valence-electron chi connectivity index (χ2n) is 7.81. The molecule has 1 fully saturated rings. The Morgan fingerprint density at radius 1 is 1.25 bits per heavy atom. The van der Waals surface area contributed by atoms with Gasteiger partial charge in [-0.2, -0.15) is 0 Å². The monoisotopic (exact) mass is 334 g/mol. The Morgan fingerprint density at radius 2 is 1.92 bits per heavy atom. The molecule has 0 aliphatic heterocycles. The highest BCUT2D eigenvalue weighted by Gasteiger charge is 2.27. The van der Waals surface area contributed by atoms with Crippen molar-refractivity contribution >= 4 is 11.9 Å². The molecule has 1 aliphatic rings. The highest BCUT2D eigenvalue weighted by molar-refractivity contribution is 5.86. The van der Waals surface area contributed by atoms with E-state index >= 15 is 0 Å². The zero-order valence-corrected chi connectivity index (χ0v) is 15.1. The lowest BCUT2D eigenvalue weighted by atomic mass is 9.86. The van der Waals surface area contributed by atoms with Crippen molar-refractivity contribution < 1.29 is 15.0 Å². The molecule has 1 aromatic heterocycles. The molecule has 134 valence electrons. The number of aliphatic hydroxyl groups excluding tert-OH is 1. The van der Waals surface area contributed by atoms with Crippen LogP contribution < -0.4 is 4.90 Å². The average Bonchev–Trinajstić information content (AvgIpc) is 2.54. The largest absolute Gasteiger partial charge is 0.465 e. The number of aromatic nitrogens is 1. The zero-order valence-electron chi connectivity index (χ0n) is 15.1. The maximum atomic E-state index is 11.9. The molecule has 1 heterocycles. The van der Waals surface area contributed by atoms with Gasteiger partial charge in [-0.25, -0.2) is 9.78 Å². The van der Waals surface area contributed by atoms with Crippen LogP contribution >= 0.6 is 0 Å². The molecule has 0 unspecified atom stereocenters. The molecule has 1 saturated carbocycles. The van der Waals surface area contributed by atoms with Gasteiger partial charge in [-0.1, -0.05) is 58.9 Å². The van der Waals surface area contributed by atoms with Gasteiger partial charge in [0.1, 0.15) is 5.82 Å². The molecule has 0 bridgehead atoms. The maximum Gasteiger partial charge on any atom is 0.413 e. The average molecular weight is 334 g/mol. The van der Waals surface area contributed by atoms with Crippen LogP contribution in [0.15, 0.2) is 12.1 Å². The summed E-state index contributed by atoms with van der Waals surface area (Å²) in [4.78, 5) is 17.7. The second-order valence-corrected chi connectivity index (χ2v) is 7.81. The second kappa shape index (κ2) is 7.97. The minimum atomic E-state index is -0.973. The summed E-state index contributed by atoms with van der Waals surface area (Å²) in [7, 11) is 0. The van der Waals surface area contributed by atoms with Crippen LogP contribution in [0, 0.1) is 5.92 Å². The Kier molecular flexibility index (Phi) is 6.21. The van der Waals surface area contributed by atoms with Gasteiger partial charge in [-0.15, -0.1) is 0 Å². The first-order valence-corrected chi connectivity index (χ1v) is 8.94. The molecular formula is C19H30N2O3. The quantitative estimate of drug-likeness (QED) is 0.840. The Labute approximate surface area is 144 Å². The predicted octanol–water partition coefficient (Wildman–Crippen LogP) is 4.33. The molecule has 0 saturated heterocycles. The Balaban J connectivity index is 2.26. The van der Waals surface area contributed by atoms with E-state index in [1.807, 2.05) is 26.8 Å².